The maximum Gasteiger partial charge on any atom is 0.220 e. The Morgan fingerprint density at radius 3 is 2.63 bits per heavy atom. The Morgan fingerprint density at radius 1 is 1.11 bits per heavy atom. The van der Waals surface area contributed by atoms with Gasteiger partial charge in [0, 0.05) is 10.6 Å². The van der Waals surface area contributed by atoms with Crippen LogP contribution in [0.3, 0.4) is 0 Å². The zero-order chi connectivity index (χ0) is 24.9. The van der Waals surface area contributed by atoms with Crippen LogP contribution in [0, 0.1) is 29.8 Å². The molecule has 0 fully saturated rings. The number of ether oxygens (including phenoxy) is 1. The standard InChI is InChI=1S/C25H22BrFN4O3S/c1-16-5-3-8-21(11-16)31-17(2)28-29-25(31)35-24(14-30(32)33)19-9-10-23(22(26)13-19)34-15-18-6-4-7-20(27)12-18/h3-13,24H,14-15H2,1-2H3/t24-/m0/s1. The minimum Gasteiger partial charge on any atom is -0.488 e. The van der Waals surface area contributed by atoms with E-state index in [4.69, 9.17) is 4.74 Å². The van der Waals surface area contributed by atoms with Crippen molar-refractivity contribution in [2.75, 3.05) is 6.54 Å². The van der Waals surface area contributed by atoms with E-state index in [1.807, 2.05) is 48.7 Å². The van der Waals surface area contributed by atoms with E-state index in [1.54, 1.807) is 24.3 Å². The van der Waals surface area contributed by atoms with Crippen LogP contribution in [0.4, 0.5) is 4.39 Å². The number of nitro groups is 1. The second-order valence-corrected chi connectivity index (χ2v) is 9.96. The topological polar surface area (TPSA) is 83.1 Å². The number of hydrogen-bond donors (Lipinski definition) is 0. The summed E-state index contributed by atoms with van der Waals surface area (Å²) in [5.74, 6) is 0.927. The summed E-state index contributed by atoms with van der Waals surface area (Å²) in [7, 11) is 0. The molecule has 0 amide bonds. The second-order valence-electron chi connectivity index (χ2n) is 7.93. The van der Waals surface area contributed by atoms with Gasteiger partial charge in [0.15, 0.2) is 5.16 Å². The van der Waals surface area contributed by atoms with Crippen molar-refractivity contribution in [1.82, 2.24) is 14.8 Å². The van der Waals surface area contributed by atoms with Crippen molar-refractivity contribution in [3.8, 4) is 11.4 Å². The molecule has 0 saturated heterocycles. The quantitative estimate of drug-likeness (QED) is 0.133. The summed E-state index contributed by atoms with van der Waals surface area (Å²) >= 11 is 4.80. The highest BCUT2D eigenvalue weighted by atomic mass is 79.9. The summed E-state index contributed by atoms with van der Waals surface area (Å²) in [6.07, 6.45) is 0. The Morgan fingerprint density at radius 2 is 1.91 bits per heavy atom. The van der Waals surface area contributed by atoms with E-state index in [9.17, 15) is 14.5 Å². The Labute approximate surface area is 214 Å². The molecule has 0 bridgehead atoms. The van der Waals surface area contributed by atoms with Crippen LogP contribution in [-0.2, 0) is 6.61 Å². The third-order valence-corrected chi connectivity index (χ3v) is 7.03. The van der Waals surface area contributed by atoms with E-state index in [0.717, 1.165) is 16.8 Å². The third-order valence-electron chi connectivity index (χ3n) is 5.23. The zero-order valence-electron chi connectivity index (χ0n) is 19.0. The van der Waals surface area contributed by atoms with Gasteiger partial charge in [0.25, 0.3) is 0 Å². The van der Waals surface area contributed by atoms with Gasteiger partial charge in [-0.25, -0.2) is 4.39 Å². The number of nitrogens with zero attached hydrogens (tertiary/aromatic N) is 4. The van der Waals surface area contributed by atoms with Crippen molar-refractivity contribution < 1.29 is 14.1 Å². The molecular weight excluding hydrogens is 535 g/mol. The van der Waals surface area contributed by atoms with Gasteiger partial charge < -0.3 is 4.74 Å². The lowest BCUT2D eigenvalue weighted by atomic mass is 10.1. The average Bonchev–Trinajstić information content (AvgIpc) is 3.17. The number of aromatic nitrogens is 3. The van der Waals surface area contributed by atoms with E-state index < -0.39 is 5.25 Å². The fourth-order valence-electron chi connectivity index (χ4n) is 3.58. The molecule has 1 heterocycles. The first-order valence-electron chi connectivity index (χ1n) is 10.7. The molecule has 0 aliphatic rings. The summed E-state index contributed by atoms with van der Waals surface area (Å²) in [5, 5.41) is 20.1. The van der Waals surface area contributed by atoms with Crippen LogP contribution in [-0.4, -0.2) is 26.2 Å². The van der Waals surface area contributed by atoms with Gasteiger partial charge in [-0.05, 0) is 82.9 Å². The van der Waals surface area contributed by atoms with Crippen LogP contribution < -0.4 is 4.74 Å². The van der Waals surface area contributed by atoms with Gasteiger partial charge in [0.2, 0.25) is 6.54 Å². The Balaban J connectivity index is 1.58. The van der Waals surface area contributed by atoms with E-state index in [1.165, 1.54) is 23.9 Å². The smallest absolute Gasteiger partial charge is 0.220 e. The van der Waals surface area contributed by atoms with Gasteiger partial charge in [-0.3, -0.25) is 14.7 Å². The van der Waals surface area contributed by atoms with Crippen molar-refractivity contribution in [1.29, 1.82) is 0 Å². The molecular formula is C25H22BrFN4O3S. The Hall–Kier alpha value is -3.24. The summed E-state index contributed by atoms with van der Waals surface area (Å²) in [6.45, 7) is 3.76. The summed E-state index contributed by atoms with van der Waals surface area (Å²) < 4.78 is 21.8. The third kappa shape index (κ3) is 6.26. The molecule has 35 heavy (non-hydrogen) atoms. The van der Waals surface area contributed by atoms with Crippen molar-refractivity contribution >= 4 is 27.7 Å². The van der Waals surface area contributed by atoms with Gasteiger partial charge in [0.05, 0.1) is 4.47 Å². The molecule has 0 saturated carbocycles. The van der Waals surface area contributed by atoms with Crippen LogP contribution in [0.2, 0.25) is 0 Å². The maximum absolute atomic E-state index is 13.4. The predicted octanol–water partition coefficient (Wildman–Crippen LogP) is 6.47. The SMILES string of the molecule is Cc1cccc(-n2c(C)nnc2S[C@@H](C[N+](=O)[O-])c2ccc(OCc3cccc(F)c3)c(Br)c2)c1. The van der Waals surface area contributed by atoms with Crippen LogP contribution in [0.5, 0.6) is 5.75 Å². The average molecular weight is 557 g/mol. The number of halogens is 2. The Kier molecular flexibility index (Phi) is 7.82. The van der Waals surface area contributed by atoms with Gasteiger partial charge in [-0.15, -0.1) is 10.2 Å². The number of rotatable bonds is 9. The van der Waals surface area contributed by atoms with E-state index in [2.05, 4.69) is 26.1 Å². The zero-order valence-corrected chi connectivity index (χ0v) is 21.4. The molecule has 1 aromatic heterocycles. The summed E-state index contributed by atoms with van der Waals surface area (Å²) in [5.41, 5.74) is 3.44. The van der Waals surface area contributed by atoms with Gasteiger partial charge in [0.1, 0.15) is 29.2 Å². The van der Waals surface area contributed by atoms with E-state index in [0.29, 0.717) is 26.8 Å². The van der Waals surface area contributed by atoms with E-state index in [-0.39, 0.29) is 23.9 Å². The van der Waals surface area contributed by atoms with Crippen LogP contribution in [0.1, 0.15) is 27.8 Å². The number of thioether (sulfide) groups is 1. The predicted molar refractivity (Wildman–Crippen MR) is 136 cm³/mol. The summed E-state index contributed by atoms with van der Waals surface area (Å²) in [4.78, 5) is 11.2. The van der Waals surface area contributed by atoms with E-state index >= 15 is 0 Å². The molecule has 0 unspecified atom stereocenters. The second kappa shape index (κ2) is 11.0. The van der Waals surface area contributed by atoms with Crippen molar-refractivity contribution in [3.63, 3.8) is 0 Å². The van der Waals surface area contributed by atoms with Crippen LogP contribution in [0.15, 0.2) is 76.4 Å². The lowest BCUT2D eigenvalue weighted by Gasteiger charge is -2.16. The highest BCUT2D eigenvalue weighted by Crippen LogP contribution is 2.39. The fraction of sp³-hybridized carbons (Fsp3) is 0.200. The lowest BCUT2D eigenvalue weighted by Crippen LogP contribution is -2.11. The van der Waals surface area contributed by atoms with Crippen molar-refractivity contribution in [2.24, 2.45) is 0 Å². The van der Waals surface area contributed by atoms with Gasteiger partial charge in [-0.1, -0.05) is 42.1 Å². The Bertz CT molecular complexity index is 1360. The molecule has 10 heteroatoms. The van der Waals surface area contributed by atoms with Gasteiger partial charge >= 0.3 is 0 Å². The van der Waals surface area contributed by atoms with Crippen LogP contribution in [0.25, 0.3) is 5.69 Å². The molecule has 0 aliphatic heterocycles. The normalized spacial score (nSPS) is 11.9. The van der Waals surface area contributed by atoms with Gasteiger partial charge in [-0.2, -0.15) is 0 Å². The monoisotopic (exact) mass is 556 g/mol. The first kappa shape index (κ1) is 24.9. The molecule has 0 N–H and O–H groups in total. The number of hydrogen-bond acceptors (Lipinski definition) is 6. The summed E-state index contributed by atoms with van der Waals surface area (Å²) in [6, 6.07) is 19.5. The minimum absolute atomic E-state index is 0.196. The minimum atomic E-state index is -0.509. The molecule has 0 radical (unpaired) electrons. The fourth-order valence-corrected chi connectivity index (χ4v) is 5.25. The molecule has 4 rings (SSSR count). The molecule has 0 spiro atoms. The van der Waals surface area contributed by atoms with Crippen LogP contribution >= 0.6 is 27.7 Å². The largest absolute Gasteiger partial charge is 0.488 e. The first-order valence-corrected chi connectivity index (χ1v) is 12.4. The molecule has 7 nitrogen and oxygen atoms in total. The van der Waals surface area contributed by atoms with Crippen molar-refractivity contribution in [2.45, 2.75) is 30.9 Å². The van der Waals surface area contributed by atoms with Crippen molar-refractivity contribution in [3.05, 3.63) is 110 Å². The molecule has 0 aliphatic carbocycles. The molecule has 4 aromatic rings. The lowest BCUT2D eigenvalue weighted by molar-refractivity contribution is -0.479. The maximum atomic E-state index is 13.4. The highest BCUT2D eigenvalue weighted by Gasteiger charge is 2.24. The molecule has 180 valence electrons. The number of aryl methyl sites for hydroxylation is 2. The number of benzene rings is 3. The first-order chi connectivity index (χ1) is 16.8. The highest BCUT2D eigenvalue weighted by molar-refractivity contribution is 9.10. The molecule has 1 atom stereocenters. The molecule has 3 aromatic carbocycles.